The van der Waals surface area contributed by atoms with Crippen LogP contribution in [0.4, 0.5) is 0 Å². The van der Waals surface area contributed by atoms with Crippen LogP contribution in [-0.2, 0) is 4.65 Å². The van der Waals surface area contributed by atoms with Gasteiger partial charge in [-0.1, -0.05) is 35.8 Å². The van der Waals surface area contributed by atoms with Crippen molar-refractivity contribution in [2.75, 3.05) is 0 Å². The molecule has 0 fully saturated rings. The highest BCUT2D eigenvalue weighted by molar-refractivity contribution is 6.47. The molecule has 0 spiro atoms. The summed E-state index contributed by atoms with van der Waals surface area (Å²) < 4.78 is 5.86. The van der Waals surface area contributed by atoms with Gasteiger partial charge in [-0.2, -0.15) is 0 Å². The van der Waals surface area contributed by atoms with Crippen LogP contribution in [0.15, 0.2) is 48.7 Å². The van der Waals surface area contributed by atoms with Gasteiger partial charge in [-0.3, -0.25) is 4.98 Å². The van der Waals surface area contributed by atoms with Crippen molar-refractivity contribution in [3.8, 4) is 11.3 Å². The third-order valence-electron chi connectivity index (χ3n) is 3.99. The maximum Gasteiger partial charge on any atom is 0.309 e. The Bertz CT molecular complexity index is 574. The van der Waals surface area contributed by atoms with Crippen molar-refractivity contribution in [1.29, 1.82) is 0 Å². The van der Waals surface area contributed by atoms with Gasteiger partial charge >= 0.3 is 7.48 Å². The Morgan fingerprint density at radius 2 is 1.67 bits per heavy atom. The van der Waals surface area contributed by atoms with E-state index in [1.165, 1.54) is 0 Å². The maximum absolute atomic E-state index is 10.1. The van der Waals surface area contributed by atoms with Crippen LogP contribution < -0.4 is 5.46 Å². The number of rotatable bonds is 5. The summed E-state index contributed by atoms with van der Waals surface area (Å²) in [7, 11) is 0.472. The summed E-state index contributed by atoms with van der Waals surface area (Å²) in [6.07, 6.45) is 1.79. The molecule has 3 nitrogen and oxygen atoms in total. The molecule has 21 heavy (non-hydrogen) atoms. The average molecular weight is 283 g/mol. The largest absolute Gasteiger partial charge is 0.427 e. The molecular weight excluding hydrogens is 261 g/mol. The van der Waals surface area contributed by atoms with Crippen molar-refractivity contribution in [2.45, 2.75) is 38.9 Å². The number of nitrogens with zero attached hydrogens (tertiary/aromatic N) is 1. The van der Waals surface area contributed by atoms with Crippen LogP contribution in [0, 0.1) is 0 Å². The molecule has 110 valence electrons. The Hall–Kier alpha value is -1.65. The van der Waals surface area contributed by atoms with Gasteiger partial charge in [0.25, 0.3) is 0 Å². The monoisotopic (exact) mass is 283 g/mol. The molecule has 0 atom stereocenters. The van der Waals surface area contributed by atoms with Crippen LogP contribution >= 0.6 is 0 Å². The van der Waals surface area contributed by atoms with E-state index >= 15 is 0 Å². The van der Waals surface area contributed by atoms with E-state index in [-0.39, 0.29) is 0 Å². The molecule has 1 N–H and O–H groups in total. The van der Waals surface area contributed by atoms with E-state index in [4.69, 9.17) is 4.65 Å². The van der Waals surface area contributed by atoms with E-state index in [2.05, 4.69) is 4.98 Å². The Morgan fingerprint density at radius 3 is 2.19 bits per heavy atom. The molecule has 4 heteroatoms. The van der Waals surface area contributed by atoms with Crippen LogP contribution in [0.2, 0.25) is 0 Å². The molecule has 1 aromatic heterocycles. The van der Waals surface area contributed by atoms with Crippen molar-refractivity contribution in [3.63, 3.8) is 0 Å². The lowest BCUT2D eigenvalue weighted by Crippen LogP contribution is -2.49. The first kappa shape index (κ1) is 15.7. The Kier molecular flexibility index (Phi) is 4.50. The predicted octanol–water partition coefficient (Wildman–Crippen LogP) is 2.29. The summed E-state index contributed by atoms with van der Waals surface area (Å²) in [5, 5.41) is 10.1. The highest BCUT2D eigenvalue weighted by Gasteiger charge is 2.35. The minimum absolute atomic E-state index is 0.472. The molecule has 1 aromatic carbocycles. The fraction of sp³-hybridized carbons (Fsp3) is 0.353. The van der Waals surface area contributed by atoms with Gasteiger partial charge in [0, 0.05) is 11.8 Å². The van der Waals surface area contributed by atoms with Gasteiger partial charge in [0.05, 0.1) is 16.9 Å². The van der Waals surface area contributed by atoms with Crippen molar-refractivity contribution in [1.82, 2.24) is 4.98 Å². The van der Waals surface area contributed by atoms with Gasteiger partial charge in [0.15, 0.2) is 0 Å². The molecule has 2 rings (SSSR count). The molecule has 1 heterocycles. The molecule has 0 unspecified atom stereocenters. The zero-order valence-corrected chi connectivity index (χ0v) is 13.1. The lowest BCUT2D eigenvalue weighted by Gasteiger charge is -2.37. The van der Waals surface area contributed by atoms with Crippen LogP contribution in [0.5, 0.6) is 0 Å². The Labute approximate surface area is 127 Å². The highest BCUT2D eigenvalue weighted by atomic mass is 16.5. The normalized spacial score (nSPS) is 12.2. The zero-order chi connectivity index (χ0) is 15.5. The van der Waals surface area contributed by atoms with Crippen LogP contribution in [0.1, 0.15) is 27.7 Å². The summed E-state index contributed by atoms with van der Waals surface area (Å²) in [4.78, 5) is 4.33. The van der Waals surface area contributed by atoms with Gasteiger partial charge in [-0.15, -0.1) is 0 Å². The third kappa shape index (κ3) is 3.93. The fourth-order valence-electron chi connectivity index (χ4n) is 1.75. The lowest BCUT2D eigenvalue weighted by molar-refractivity contribution is -0.0893. The zero-order valence-electron chi connectivity index (χ0n) is 13.1. The van der Waals surface area contributed by atoms with E-state index in [1.54, 1.807) is 20.0 Å². The average Bonchev–Trinajstić information content (AvgIpc) is 2.45. The standard InChI is InChI=1S/C17H22BNO2/c1-16(2,20)17(3,4)21-18-14-10-8-13(9-11-14)15-7-5-6-12-19-15/h5-12,18,20H,1-4H3. The van der Waals surface area contributed by atoms with Crippen LogP contribution in [0.25, 0.3) is 11.3 Å². The van der Waals surface area contributed by atoms with Gasteiger partial charge in [0.1, 0.15) is 0 Å². The van der Waals surface area contributed by atoms with Gasteiger partial charge in [-0.25, -0.2) is 0 Å². The number of hydrogen-bond acceptors (Lipinski definition) is 3. The lowest BCUT2D eigenvalue weighted by atomic mass is 9.82. The van der Waals surface area contributed by atoms with Crippen molar-refractivity contribution >= 4 is 12.9 Å². The SMILES string of the molecule is CC(C)(O)C(C)(C)OBc1ccc(-c2ccccn2)cc1. The molecule has 0 bridgehead atoms. The maximum atomic E-state index is 10.1. The third-order valence-corrected chi connectivity index (χ3v) is 3.99. The molecule has 0 aliphatic rings. The first-order valence-electron chi connectivity index (χ1n) is 7.16. The quantitative estimate of drug-likeness (QED) is 0.856. The number of aromatic nitrogens is 1. The number of hydrogen-bond donors (Lipinski definition) is 1. The summed E-state index contributed by atoms with van der Waals surface area (Å²) >= 11 is 0. The van der Waals surface area contributed by atoms with E-state index in [1.807, 2.05) is 56.3 Å². The second-order valence-corrected chi connectivity index (χ2v) is 6.27. The Balaban J connectivity index is 2.04. The van der Waals surface area contributed by atoms with Gasteiger partial charge < -0.3 is 9.76 Å². The number of pyridine rings is 1. The van der Waals surface area contributed by atoms with Crippen molar-refractivity contribution in [2.24, 2.45) is 0 Å². The van der Waals surface area contributed by atoms with E-state index in [0.717, 1.165) is 16.7 Å². The summed E-state index contributed by atoms with van der Waals surface area (Å²) in [6, 6.07) is 14.0. The Morgan fingerprint density at radius 1 is 1.00 bits per heavy atom. The van der Waals surface area contributed by atoms with Crippen LogP contribution in [-0.4, -0.2) is 28.8 Å². The highest BCUT2D eigenvalue weighted by Crippen LogP contribution is 2.24. The van der Waals surface area contributed by atoms with Gasteiger partial charge in [0.2, 0.25) is 0 Å². The van der Waals surface area contributed by atoms with Crippen molar-refractivity contribution < 1.29 is 9.76 Å². The second kappa shape index (κ2) is 6.00. The first-order valence-corrected chi connectivity index (χ1v) is 7.16. The van der Waals surface area contributed by atoms with E-state index < -0.39 is 11.2 Å². The molecular formula is C17H22BNO2. The minimum Gasteiger partial charge on any atom is -0.427 e. The van der Waals surface area contributed by atoms with Crippen LogP contribution in [0.3, 0.4) is 0 Å². The topological polar surface area (TPSA) is 42.4 Å². The molecule has 0 aliphatic heterocycles. The van der Waals surface area contributed by atoms with Crippen molar-refractivity contribution in [3.05, 3.63) is 48.7 Å². The summed E-state index contributed by atoms with van der Waals surface area (Å²) in [5.41, 5.74) is 1.63. The van der Waals surface area contributed by atoms with E-state index in [9.17, 15) is 5.11 Å². The number of aliphatic hydroxyl groups is 1. The first-order chi connectivity index (χ1) is 9.79. The molecule has 0 radical (unpaired) electrons. The molecule has 2 aromatic rings. The summed E-state index contributed by atoms with van der Waals surface area (Å²) in [6.45, 7) is 7.32. The smallest absolute Gasteiger partial charge is 0.309 e. The molecule has 0 saturated carbocycles. The molecule has 0 aliphatic carbocycles. The van der Waals surface area contributed by atoms with Gasteiger partial charge in [-0.05, 0) is 39.8 Å². The minimum atomic E-state index is -0.888. The summed E-state index contributed by atoms with van der Waals surface area (Å²) in [5.74, 6) is 0. The molecule has 0 amide bonds. The molecule has 0 saturated heterocycles. The predicted molar refractivity (Wildman–Crippen MR) is 87.9 cm³/mol. The second-order valence-electron chi connectivity index (χ2n) is 6.27. The van der Waals surface area contributed by atoms with E-state index in [0.29, 0.717) is 7.48 Å². The number of benzene rings is 1. The fourth-order valence-corrected chi connectivity index (χ4v) is 1.75.